The van der Waals surface area contributed by atoms with Gasteiger partial charge in [0.05, 0.1) is 5.01 Å². The summed E-state index contributed by atoms with van der Waals surface area (Å²) in [4.78, 5) is 16.1. The van der Waals surface area contributed by atoms with Crippen LogP contribution in [0.2, 0.25) is 0 Å². The van der Waals surface area contributed by atoms with Crippen molar-refractivity contribution >= 4 is 34.5 Å². The molecular formula is C14H15N3O2S2. The third-order valence-electron chi connectivity index (χ3n) is 2.65. The summed E-state index contributed by atoms with van der Waals surface area (Å²) in [5, 5.41) is 5.70. The molecule has 0 spiro atoms. The molecule has 1 aromatic carbocycles. The minimum Gasteiger partial charge on any atom is -0.484 e. The van der Waals surface area contributed by atoms with Gasteiger partial charge in [0.25, 0.3) is 5.91 Å². The molecular weight excluding hydrogens is 306 g/mol. The lowest BCUT2D eigenvalue weighted by molar-refractivity contribution is -0.123. The van der Waals surface area contributed by atoms with Gasteiger partial charge in [-0.05, 0) is 24.3 Å². The van der Waals surface area contributed by atoms with Crippen LogP contribution in [0.3, 0.4) is 0 Å². The van der Waals surface area contributed by atoms with Gasteiger partial charge in [0.2, 0.25) is 0 Å². The van der Waals surface area contributed by atoms with E-state index in [2.05, 4.69) is 10.3 Å². The van der Waals surface area contributed by atoms with Crippen LogP contribution < -0.4 is 15.8 Å². The predicted octanol–water partition coefficient (Wildman–Crippen LogP) is 1.51. The van der Waals surface area contributed by atoms with E-state index in [9.17, 15) is 4.79 Å². The van der Waals surface area contributed by atoms with Crippen molar-refractivity contribution in [3.8, 4) is 5.75 Å². The van der Waals surface area contributed by atoms with Gasteiger partial charge in [-0.2, -0.15) is 0 Å². The van der Waals surface area contributed by atoms with Gasteiger partial charge in [-0.1, -0.05) is 12.2 Å². The number of rotatable bonds is 7. The molecule has 0 atom stereocenters. The lowest BCUT2D eigenvalue weighted by Gasteiger charge is -2.07. The van der Waals surface area contributed by atoms with Crippen LogP contribution in [-0.4, -0.2) is 29.0 Å². The third kappa shape index (κ3) is 5.13. The molecule has 0 unspecified atom stereocenters. The fourth-order valence-electron chi connectivity index (χ4n) is 1.60. The number of hydrogen-bond donors (Lipinski definition) is 2. The van der Waals surface area contributed by atoms with E-state index in [-0.39, 0.29) is 12.5 Å². The Morgan fingerprint density at radius 1 is 1.38 bits per heavy atom. The maximum atomic E-state index is 11.6. The number of amides is 1. The molecule has 0 fully saturated rings. The topological polar surface area (TPSA) is 77.2 Å². The zero-order chi connectivity index (χ0) is 15.1. The first kappa shape index (κ1) is 15.4. The van der Waals surface area contributed by atoms with Crippen LogP contribution in [0.5, 0.6) is 5.75 Å². The van der Waals surface area contributed by atoms with Crippen LogP contribution in [0.15, 0.2) is 35.8 Å². The predicted molar refractivity (Wildman–Crippen MR) is 86.7 cm³/mol. The number of aromatic nitrogens is 1. The highest BCUT2D eigenvalue weighted by atomic mass is 32.1. The van der Waals surface area contributed by atoms with Crippen molar-refractivity contribution in [1.82, 2.24) is 10.3 Å². The third-order valence-corrected chi connectivity index (χ3v) is 3.73. The first-order chi connectivity index (χ1) is 10.1. The zero-order valence-corrected chi connectivity index (χ0v) is 12.9. The first-order valence-electron chi connectivity index (χ1n) is 6.33. The van der Waals surface area contributed by atoms with E-state index in [0.717, 1.165) is 17.0 Å². The van der Waals surface area contributed by atoms with Crippen molar-refractivity contribution in [3.63, 3.8) is 0 Å². The molecule has 1 heterocycles. The van der Waals surface area contributed by atoms with Crippen LogP contribution in [0.25, 0.3) is 0 Å². The lowest BCUT2D eigenvalue weighted by atomic mass is 10.2. The molecule has 0 radical (unpaired) electrons. The molecule has 0 aliphatic carbocycles. The molecule has 1 aromatic heterocycles. The second-order valence-corrected chi connectivity index (χ2v) is 5.62. The van der Waals surface area contributed by atoms with E-state index in [1.165, 1.54) is 0 Å². The van der Waals surface area contributed by atoms with Crippen LogP contribution >= 0.6 is 23.6 Å². The minimum absolute atomic E-state index is 0.0235. The van der Waals surface area contributed by atoms with Crippen molar-refractivity contribution in [1.29, 1.82) is 0 Å². The molecule has 2 aromatic rings. The summed E-state index contributed by atoms with van der Waals surface area (Å²) in [5.41, 5.74) is 6.27. The standard InChI is InChI=1S/C14H15N3O2S2/c15-14(20)10-1-3-11(4-2-10)19-9-12(18)16-6-5-13-17-7-8-21-13/h1-4,7-8H,5-6,9H2,(H2,15,20)(H,16,18). The summed E-state index contributed by atoms with van der Waals surface area (Å²) in [6.07, 6.45) is 2.48. The number of thiocarbonyl (C=S) groups is 1. The van der Waals surface area contributed by atoms with Crippen LogP contribution in [0, 0.1) is 0 Å². The number of nitrogens with one attached hydrogen (secondary N) is 1. The number of benzene rings is 1. The van der Waals surface area contributed by atoms with E-state index in [4.69, 9.17) is 22.7 Å². The Balaban J connectivity index is 1.69. The Bertz CT molecular complexity index is 597. The highest BCUT2D eigenvalue weighted by Crippen LogP contribution is 2.11. The van der Waals surface area contributed by atoms with Gasteiger partial charge in [0.15, 0.2) is 6.61 Å². The van der Waals surface area contributed by atoms with Crippen molar-refractivity contribution in [2.75, 3.05) is 13.2 Å². The Hall–Kier alpha value is -1.99. The number of hydrogen-bond acceptors (Lipinski definition) is 5. The monoisotopic (exact) mass is 321 g/mol. The van der Waals surface area contributed by atoms with Gasteiger partial charge in [-0.15, -0.1) is 11.3 Å². The molecule has 21 heavy (non-hydrogen) atoms. The van der Waals surface area contributed by atoms with Gasteiger partial charge in [0.1, 0.15) is 10.7 Å². The molecule has 7 heteroatoms. The lowest BCUT2D eigenvalue weighted by Crippen LogP contribution is -2.30. The maximum absolute atomic E-state index is 11.6. The van der Waals surface area contributed by atoms with Crippen molar-refractivity contribution in [2.45, 2.75) is 6.42 Å². The second-order valence-electron chi connectivity index (χ2n) is 4.20. The second kappa shape index (κ2) is 7.70. The minimum atomic E-state index is -0.162. The summed E-state index contributed by atoms with van der Waals surface area (Å²) < 4.78 is 5.38. The summed E-state index contributed by atoms with van der Waals surface area (Å²) in [6, 6.07) is 6.99. The number of ether oxygens (including phenoxy) is 1. The number of carbonyl (C=O) groups excluding carboxylic acids is 1. The number of thiazole rings is 1. The van der Waals surface area contributed by atoms with Gasteiger partial charge in [0, 0.05) is 30.1 Å². The summed E-state index contributed by atoms with van der Waals surface area (Å²) in [5.74, 6) is 0.440. The van der Waals surface area contributed by atoms with Crippen molar-refractivity contribution in [2.24, 2.45) is 5.73 Å². The van der Waals surface area contributed by atoms with Gasteiger partial charge in [-0.25, -0.2) is 4.98 Å². The number of nitrogens with zero attached hydrogens (tertiary/aromatic N) is 1. The fourth-order valence-corrected chi connectivity index (χ4v) is 2.36. The molecule has 3 N–H and O–H groups in total. The average Bonchev–Trinajstić information content (AvgIpc) is 2.99. The molecule has 5 nitrogen and oxygen atoms in total. The van der Waals surface area contributed by atoms with E-state index in [1.807, 2.05) is 5.38 Å². The van der Waals surface area contributed by atoms with Crippen molar-refractivity contribution in [3.05, 3.63) is 46.4 Å². The Morgan fingerprint density at radius 3 is 2.76 bits per heavy atom. The molecule has 0 saturated carbocycles. The average molecular weight is 321 g/mol. The van der Waals surface area contributed by atoms with Crippen LogP contribution in [0.1, 0.15) is 10.6 Å². The van der Waals surface area contributed by atoms with Crippen LogP contribution in [0.4, 0.5) is 0 Å². The molecule has 110 valence electrons. The highest BCUT2D eigenvalue weighted by Gasteiger charge is 2.04. The molecule has 0 aliphatic heterocycles. The smallest absolute Gasteiger partial charge is 0.257 e. The number of carbonyl (C=O) groups is 1. The molecule has 0 bridgehead atoms. The van der Waals surface area contributed by atoms with E-state index in [1.54, 1.807) is 41.8 Å². The Labute approximate surface area is 132 Å². The zero-order valence-electron chi connectivity index (χ0n) is 11.2. The number of nitrogens with two attached hydrogens (primary N) is 1. The first-order valence-corrected chi connectivity index (χ1v) is 7.61. The summed E-state index contributed by atoms with van der Waals surface area (Å²) in [6.45, 7) is 0.528. The molecule has 2 rings (SSSR count). The SMILES string of the molecule is NC(=S)c1ccc(OCC(=O)NCCc2nccs2)cc1. The normalized spacial score (nSPS) is 10.1. The fraction of sp³-hybridized carbons (Fsp3) is 0.214. The van der Waals surface area contributed by atoms with Gasteiger partial charge in [-0.3, -0.25) is 4.79 Å². The Kier molecular flexibility index (Phi) is 5.65. The van der Waals surface area contributed by atoms with Crippen molar-refractivity contribution < 1.29 is 9.53 Å². The highest BCUT2D eigenvalue weighted by molar-refractivity contribution is 7.80. The van der Waals surface area contributed by atoms with Gasteiger partial charge >= 0.3 is 0 Å². The molecule has 0 aliphatic rings. The molecule has 0 saturated heterocycles. The molecule has 1 amide bonds. The van der Waals surface area contributed by atoms with Crippen LogP contribution in [-0.2, 0) is 11.2 Å². The van der Waals surface area contributed by atoms with E-state index >= 15 is 0 Å². The summed E-state index contributed by atoms with van der Waals surface area (Å²) in [7, 11) is 0. The largest absolute Gasteiger partial charge is 0.484 e. The maximum Gasteiger partial charge on any atom is 0.257 e. The van der Waals surface area contributed by atoms with Gasteiger partial charge < -0.3 is 15.8 Å². The van der Waals surface area contributed by atoms with E-state index < -0.39 is 0 Å². The Morgan fingerprint density at radius 2 is 2.14 bits per heavy atom. The van der Waals surface area contributed by atoms with E-state index in [0.29, 0.717) is 17.3 Å². The summed E-state index contributed by atoms with van der Waals surface area (Å²) >= 11 is 6.44. The quantitative estimate of drug-likeness (QED) is 0.756.